The van der Waals surface area contributed by atoms with Crippen LogP contribution in [0.3, 0.4) is 0 Å². The van der Waals surface area contributed by atoms with Crippen molar-refractivity contribution in [3.8, 4) is 0 Å². The van der Waals surface area contributed by atoms with E-state index in [1.165, 1.54) is 0 Å². The third-order valence-corrected chi connectivity index (χ3v) is 0.667. The van der Waals surface area contributed by atoms with Gasteiger partial charge in [-0.1, -0.05) is 27.7 Å². The van der Waals surface area contributed by atoms with E-state index in [9.17, 15) is 0 Å². The first-order valence-corrected chi connectivity index (χ1v) is 2.89. The topological polar surface area (TPSA) is 12.0 Å². The molecule has 0 radical (unpaired) electrons. The quantitative estimate of drug-likeness (QED) is 0.612. The maximum atomic E-state index is 3.31. The normalized spacial score (nSPS) is 9.75. The Hall–Kier alpha value is 0.583. The molecule has 0 amide bonds. The van der Waals surface area contributed by atoms with Gasteiger partial charge in [-0.15, -0.1) is 0 Å². The van der Waals surface area contributed by atoms with E-state index in [0.717, 1.165) is 0 Å². The fourth-order valence-electron chi connectivity index (χ4n) is 0.667. The average Bonchev–Trinajstić information content (AvgIpc) is 1.27. The second-order valence-corrected chi connectivity index (χ2v) is 2.48. The summed E-state index contributed by atoms with van der Waals surface area (Å²) < 4.78 is 0. The SMILES string of the molecule is CC(C)NC(C)C.[Zn]. The Balaban J connectivity index is 0. The maximum absolute atomic E-state index is 3.31. The standard InChI is InChI=1S/C6H15N.Zn/c1-5(2)7-6(3)4;/h5-7H,1-4H3;. The minimum atomic E-state index is 0. The average molecular weight is 167 g/mol. The predicted octanol–water partition coefficient (Wildman–Crippen LogP) is 1.39. The Kier molecular flexibility index (Phi) is 8.14. The fourth-order valence-corrected chi connectivity index (χ4v) is 0.667. The summed E-state index contributed by atoms with van der Waals surface area (Å²) in [6.07, 6.45) is 0. The molecule has 46 valence electrons. The van der Waals surface area contributed by atoms with Crippen LogP contribution >= 0.6 is 0 Å². The van der Waals surface area contributed by atoms with E-state index < -0.39 is 0 Å². The number of rotatable bonds is 2. The second kappa shape index (κ2) is 5.72. The molecule has 0 rings (SSSR count). The van der Waals surface area contributed by atoms with E-state index in [1.54, 1.807) is 0 Å². The van der Waals surface area contributed by atoms with Crippen LogP contribution < -0.4 is 5.32 Å². The summed E-state index contributed by atoms with van der Waals surface area (Å²) in [5.74, 6) is 0. The van der Waals surface area contributed by atoms with Gasteiger partial charge in [0.25, 0.3) is 0 Å². The molecule has 0 aliphatic rings. The van der Waals surface area contributed by atoms with Gasteiger partial charge < -0.3 is 5.32 Å². The molecule has 0 aromatic heterocycles. The maximum Gasteiger partial charge on any atom is 0.00127 e. The van der Waals surface area contributed by atoms with Crippen molar-refractivity contribution in [2.24, 2.45) is 0 Å². The third kappa shape index (κ3) is 9.77. The monoisotopic (exact) mass is 165 g/mol. The molecule has 0 fully saturated rings. The van der Waals surface area contributed by atoms with Gasteiger partial charge in [-0.25, -0.2) is 0 Å². The van der Waals surface area contributed by atoms with Crippen LogP contribution in [0.4, 0.5) is 0 Å². The summed E-state index contributed by atoms with van der Waals surface area (Å²) in [6, 6.07) is 1.25. The van der Waals surface area contributed by atoms with Crippen molar-refractivity contribution in [2.75, 3.05) is 0 Å². The van der Waals surface area contributed by atoms with Gasteiger partial charge in [0, 0.05) is 31.6 Å². The third-order valence-electron chi connectivity index (χ3n) is 0.667. The summed E-state index contributed by atoms with van der Waals surface area (Å²) in [5, 5.41) is 3.31. The molecular formula is C6H15NZn. The molecule has 0 spiro atoms. The molecule has 1 N–H and O–H groups in total. The van der Waals surface area contributed by atoms with Crippen molar-refractivity contribution in [3.63, 3.8) is 0 Å². The van der Waals surface area contributed by atoms with Gasteiger partial charge in [-0.2, -0.15) is 0 Å². The first-order chi connectivity index (χ1) is 3.13. The molecule has 0 aromatic rings. The zero-order chi connectivity index (χ0) is 5.86. The predicted molar refractivity (Wildman–Crippen MR) is 33.4 cm³/mol. The van der Waals surface area contributed by atoms with Gasteiger partial charge in [0.2, 0.25) is 0 Å². The Bertz CT molecular complexity index is 37.8. The number of nitrogens with one attached hydrogen (secondary N) is 1. The van der Waals surface area contributed by atoms with Crippen LogP contribution in [-0.2, 0) is 19.5 Å². The van der Waals surface area contributed by atoms with Crippen LogP contribution in [-0.4, -0.2) is 12.1 Å². The van der Waals surface area contributed by atoms with Crippen LogP contribution in [0.25, 0.3) is 0 Å². The molecule has 8 heavy (non-hydrogen) atoms. The molecule has 0 atom stereocenters. The van der Waals surface area contributed by atoms with E-state index in [-0.39, 0.29) is 19.5 Å². The van der Waals surface area contributed by atoms with Gasteiger partial charge >= 0.3 is 0 Å². The smallest absolute Gasteiger partial charge is 0.00127 e. The summed E-state index contributed by atoms with van der Waals surface area (Å²) in [7, 11) is 0. The zero-order valence-corrected chi connectivity index (χ0v) is 9.33. The summed E-state index contributed by atoms with van der Waals surface area (Å²) in [4.78, 5) is 0. The van der Waals surface area contributed by atoms with E-state index in [4.69, 9.17) is 0 Å². The first kappa shape index (κ1) is 11.4. The van der Waals surface area contributed by atoms with Gasteiger partial charge in [-0.3, -0.25) is 0 Å². The van der Waals surface area contributed by atoms with Crippen molar-refractivity contribution in [3.05, 3.63) is 0 Å². The van der Waals surface area contributed by atoms with E-state index in [0.29, 0.717) is 12.1 Å². The van der Waals surface area contributed by atoms with Gasteiger partial charge in [0.15, 0.2) is 0 Å². The van der Waals surface area contributed by atoms with E-state index >= 15 is 0 Å². The molecular weight excluding hydrogens is 151 g/mol. The number of hydrogen-bond donors (Lipinski definition) is 1. The van der Waals surface area contributed by atoms with E-state index in [1.807, 2.05) is 0 Å². The molecule has 0 bridgehead atoms. The Labute approximate surface area is 65.0 Å². The summed E-state index contributed by atoms with van der Waals surface area (Å²) >= 11 is 0. The minimum Gasteiger partial charge on any atom is -0.312 e. The molecule has 0 saturated carbocycles. The van der Waals surface area contributed by atoms with E-state index in [2.05, 4.69) is 33.0 Å². The van der Waals surface area contributed by atoms with Gasteiger partial charge in [0.1, 0.15) is 0 Å². The molecule has 0 heterocycles. The van der Waals surface area contributed by atoms with Crippen molar-refractivity contribution in [2.45, 2.75) is 39.8 Å². The number of hydrogen-bond acceptors (Lipinski definition) is 1. The van der Waals surface area contributed by atoms with Crippen molar-refractivity contribution >= 4 is 0 Å². The van der Waals surface area contributed by atoms with Crippen LogP contribution in [0, 0.1) is 0 Å². The molecule has 0 aromatic carbocycles. The first-order valence-electron chi connectivity index (χ1n) is 2.89. The van der Waals surface area contributed by atoms with Crippen LogP contribution in [0.2, 0.25) is 0 Å². The Morgan fingerprint density at radius 1 is 0.875 bits per heavy atom. The largest absolute Gasteiger partial charge is 0.312 e. The molecule has 1 nitrogen and oxygen atoms in total. The minimum absolute atomic E-state index is 0. The van der Waals surface area contributed by atoms with Gasteiger partial charge in [0.05, 0.1) is 0 Å². The van der Waals surface area contributed by atoms with Gasteiger partial charge in [-0.05, 0) is 0 Å². The fraction of sp³-hybridized carbons (Fsp3) is 1.00. The molecule has 0 saturated heterocycles. The summed E-state index contributed by atoms with van der Waals surface area (Å²) in [6.45, 7) is 8.61. The molecule has 0 aliphatic carbocycles. The van der Waals surface area contributed by atoms with Crippen molar-refractivity contribution in [1.29, 1.82) is 0 Å². The van der Waals surface area contributed by atoms with Crippen molar-refractivity contribution < 1.29 is 19.5 Å². The Morgan fingerprint density at radius 3 is 1.12 bits per heavy atom. The Morgan fingerprint density at radius 2 is 1.12 bits per heavy atom. The summed E-state index contributed by atoms with van der Waals surface area (Å²) in [5.41, 5.74) is 0. The zero-order valence-electron chi connectivity index (χ0n) is 6.36. The second-order valence-electron chi connectivity index (χ2n) is 2.48. The molecule has 0 aliphatic heterocycles. The van der Waals surface area contributed by atoms with Crippen molar-refractivity contribution in [1.82, 2.24) is 5.32 Å². The van der Waals surface area contributed by atoms with Crippen LogP contribution in [0.1, 0.15) is 27.7 Å². The van der Waals surface area contributed by atoms with Crippen LogP contribution in [0.15, 0.2) is 0 Å². The van der Waals surface area contributed by atoms with Crippen LogP contribution in [0.5, 0.6) is 0 Å². The molecule has 0 unspecified atom stereocenters. The molecule has 2 heteroatoms.